The maximum absolute atomic E-state index is 5.64. The first-order valence-corrected chi connectivity index (χ1v) is 7.72. The number of aryl methyl sites for hydroxylation is 1. The first-order chi connectivity index (χ1) is 10.8. The van der Waals surface area contributed by atoms with Gasteiger partial charge in [0.2, 0.25) is 5.13 Å². The van der Waals surface area contributed by atoms with Crippen LogP contribution in [0.4, 0.5) is 5.13 Å². The fourth-order valence-corrected chi connectivity index (χ4v) is 2.49. The Morgan fingerprint density at radius 2 is 1.95 bits per heavy atom. The van der Waals surface area contributed by atoms with Crippen LogP contribution in [0.3, 0.4) is 0 Å². The van der Waals surface area contributed by atoms with Crippen molar-refractivity contribution in [3.05, 3.63) is 70.7 Å². The molecule has 0 aliphatic rings. The van der Waals surface area contributed by atoms with E-state index in [0.29, 0.717) is 11.7 Å². The molecule has 0 unspecified atom stereocenters. The topological polar surface area (TPSA) is 47.4 Å². The summed E-state index contributed by atoms with van der Waals surface area (Å²) >= 11 is 1.43. The second-order valence-corrected chi connectivity index (χ2v) is 5.79. The molecule has 0 fully saturated rings. The molecule has 0 spiro atoms. The van der Waals surface area contributed by atoms with Crippen molar-refractivity contribution in [2.45, 2.75) is 13.5 Å². The fourth-order valence-electron chi connectivity index (χ4n) is 1.90. The Labute approximate surface area is 133 Å². The molecule has 1 aromatic heterocycles. The van der Waals surface area contributed by atoms with Crippen molar-refractivity contribution in [3.63, 3.8) is 0 Å². The van der Waals surface area contributed by atoms with Crippen LogP contribution in [0.2, 0.25) is 0 Å². The Kier molecular flexibility index (Phi) is 4.56. The van der Waals surface area contributed by atoms with Gasteiger partial charge in [0.25, 0.3) is 0 Å². The van der Waals surface area contributed by atoms with Gasteiger partial charge in [0.1, 0.15) is 12.4 Å². The Hall–Kier alpha value is -2.53. The van der Waals surface area contributed by atoms with Crippen molar-refractivity contribution in [1.82, 2.24) is 10.2 Å². The highest BCUT2D eigenvalue weighted by molar-refractivity contribution is 7.14. The molecule has 0 atom stereocenters. The molecule has 22 heavy (non-hydrogen) atoms. The Morgan fingerprint density at radius 1 is 1.09 bits per heavy atom. The Balaban J connectivity index is 1.61. The SMILES string of the molecule is Cc1cccc(C=Nc2nnc(COc3ccccc3)s2)c1. The molecule has 0 saturated carbocycles. The molecular formula is C17H15N3OS. The molecule has 1 heterocycles. The van der Waals surface area contributed by atoms with Crippen LogP contribution in [0.1, 0.15) is 16.1 Å². The van der Waals surface area contributed by atoms with Crippen LogP contribution in [0.5, 0.6) is 5.75 Å². The minimum absolute atomic E-state index is 0.404. The van der Waals surface area contributed by atoms with Gasteiger partial charge in [-0.2, -0.15) is 0 Å². The Morgan fingerprint density at radius 3 is 2.77 bits per heavy atom. The van der Waals surface area contributed by atoms with Crippen LogP contribution in [0.25, 0.3) is 0 Å². The number of aromatic nitrogens is 2. The summed E-state index contributed by atoms with van der Waals surface area (Å²) in [5.74, 6) is 0.822. The molecule has 0 aliphatic carbocycles. The van der Waals surface area contributed by atoms with Crippen molar-refractivity contribution >= 4 is 22.7 Å². The molecule has 3 rings (SSSR count). The summed E-state index contributed by atoms with van der Waals surface area (Å²) < 4.78 is 5.64. The number of nitrogens with zero attached hydrogens (tertiary/aromatic N) is 3. The summed E-state index contributed by atoms with van der Waals surface area (Å²) in [6, 6.07) is 17.8. The molecule has 0 bridgehead atoms. The van der Waals surface area contributed by atoms with Crippen molar-refractivity contribution < 1.29 is 4.74 Å². The third kappa shape index (κ3) is 3.99. The third-order valence-corrected chi connectivity index (χ3v) is 3.73. The number of rotatable bonds is 5. The molecule has 0 amide bonds. The molecule has 0 saturated heterocycles. The first-order valence-electron chi connectivity index (χ1n) is 6.90. The smallest absolute Gasteiger partial charge is 0.231 e. The minimum Gasteiger partial charge on any atom is -0.486 e. The third-order valence-electron chi connectivity index (χ3n) is 2.93. The monoisotopic (exact) mass is 309 g/mol. The lowest BCUT2D eigenvalue weighted by Gasteiger charge is -2.01. The standard InChI is InChI=1S/C17H15N3OS/c1-13-6-5-7-14(10-13)11-18-17-20-19-16(22-17)12-21-15-8-3-2-4-9-15/h2-11H,12H2,1H3. The summed E-state index contributed by atoms with van der Waals surface area (Å²) in [4.78, 5) is 4.36. The van der Waals surface area contributed by atoms with Crippen LogP contribution in [0, 0.1) is 6.92 Å². The number of benzene rings is 2. The second-order valence-electron chi connectivity index (χ2n) is 4.75. The normalized spacial score (nSPS) is 11.0. The van der Waals surface area contributed by atoms with Crippen LogP contribution in [-0.4, -0.2) is 16.4 Å². The zero-order chi connectivity index (χ0) is 15.2. The van der Waals surface area contributed by atoms with Crippen LogP contribution in [-0.2, 0) is 6.61 Å². The summed E-state index contributed by atoms with van der Waals surface area (Å²) in [5.41, 5.74) is 2.26. The van der Waals surface area contributed by atoms with Crippen LogP contribution >= 0.6 is 11.3 Å². The van der Waals surface area contributed by atoms with E-state index in [4.69, 9.17) is 4.74 Å². The second kappa shape index (κ2) is 6.95. The van der Waals surface area contributed by atoms with E-state index in [1.807, 2.05) is 42.5 Å². The van der Waals surface area contributed by atoms with E-state index in [0.717, 1.165) is 16.3 Å². The lowest BCUT2D eigenvalue weighted by molar-refractivity contribution is 0.304. The van der Waals surface area contributed by atoms with Gasteiger partial charge in [-0.05, 0) is 24.6 Å². The number of hydrogen-bond acceptors (Lipinski definition) is 5. The molecule has 4 nitrogen and oxygen atoms in total. The van der Waals surface area contributed by atoms with Crippen LogP contribution < -0.4 is 4.74 Å². The highest BCUT2D eigenvalue weighted by Crippen LogP contribution is 2.20. The van der Waals surface area contributed by atoms with Gasteiger partial charge in [-0.25, -0.2) is 4.99 Å². The zero-order valence-corrected chi connectivity index (χ0v) is 13.0. The largest absolute Gasteiger partial charge is 0.486 e. The molecular weight excluding hydrogens is 294 g/mol. The summed E-state index contributed by atoms with van der Waals surface area (Å²) in [5, 5.41) is 9.59. The number of para-hydroxylation sites is 1. The molecule has 5 heteroatoms. The molecule has 3 aromatic rings. The highest BCUT2D eigenvalue weighted by Gasteiger charge is 2.03. The molecule has 2 aromatic carbocycles. The maximum Gasteiger partial charge on any atom is 0.231 e. The highest BCUT2D eigenvalue weighted by atomic mass is 32.1. The lowest BCUT2D eigenvalue weighted by atomic mass is 10.2. The van der Waals surface area contributed by atoms with Gasteiger partial charge in [0.05, 0.1) is 0 Å². The average molecular weight is 309 g/mol. The van der Waals surface area contributed by atoms with Gasteiger partial charge in [-0.3, -0.25) is 0 Å². The molecule has 110 valence electrons. The van der Waals surface area contributed by atoms with Gasteiger partial charge in [0, 0.05) is 6.21 Å². The van der Waals surface area contributed by atoms with Crippen LogP contribution in [0.15, 0.2) is 59.6 Å². The van der Waals surface area contributed by atoms with E-state index in [-0.39, 0.29) is 0 Å². The quantitative estimate of drug-likeness (QED) is 0.664. The van der Waals surface area contributed by atoms with Crippen molar-refractivity contribution in [3.8, 4) is 5.75 Å². The summed E-state index contributed by atoms with van der Waals surface area (Å²) in [6.45, 7) is 2.46. The zero-order valence-electron chi connectivity index (χ0n) is 12.1. The molecule has 0 radical (unpaired) electrons. The van der Waals surface area contributed by atoms with Crippen molar-refractivity contribution in [2.24, 2.45) is 4.99 Å². The van der Waals surface area contributed by atoms with Gasteiger partial charge < -0.3 is 4.74 Å². The average Bonchev–Trinajstić information content (AvgIpc) is 3.00. The van der Waals surface area contributed by atoms with Gasteiger partial charge in [-0.15, -0.1) is 10.2 Å². The first kappa shape index (κ1) is 14.4. The van der Waals surface area contributed by atoms with E-state index in [1.54, 1.807) is 6.21 Å². The maximum atomic E-state index is 5.64. The Bertz CT molecular complexity index is 768. The van der Waals surface area contributed by atoms with E-state index >= 15 is 0 Å². The summed E-state index contributed by atoms with van der Waals surface area (Å²) in [7, 11) is 0. The molecule has 0 aliphatic heterocycles. The van der Waals surface area contributed by atoms with Crippen molar-refractivity contribution in [2.75, 3.05) is 0 Å². The van der Waals surface area contributed by atoms with E-state index in [9.17, 15) is 0 Å². The fraction of sp³-hybridized carbons (Fsp3) is 0.118. The minimum atomic E-state index is 0.404. The van der Waals surface area contributed by atoms with E-state index in [2.05, 4.69) is 34.2 Å². The predicted octanol–water partition coefficient (Wildman–Crippen LogP) is 4.18. The van der Waals surface area contributed by atoms with E-state index < -0.39 is 0 Å². The number of hydrogen-bond donors (Lipinski definition) is 0. The molecule has 0 N–H and O–H groups in total. The number of aliphatic imine (C=N–C) groups is 1. The summed E-state index contributed by atoms with van der Waals surface area (Å²) in [6.07, 6.45) is 1.80. The van der Waals surface area contributed by atoms with E-state index in [1.165, 1.54) is 16.9 Å². The number of ether oxygens (including phenoxy) is 1. The van der Waals surface area contributed by atoms with Crippen molar-refractivity contribution in [1.29, 1.82) is 0 Å². The van der Waals surface area contributed by atoms with Gasteiger partial charge in [0.15, 0.2) is 5.01 Å². The van der Waals surface area contributed by atoms with Gasteiger partial charge >= 0.3 is 0 Å². The lowest BCUT2D eigenvalue weighted by Crippen LogP contribution is -1.94. The van der Waals surface area contributed by atoms with Gasteiger partial charge in [-0.1, -0.05) is 59.4 Å². The predicted molar refractivity (Wildman–Crippen MR) is 89.1 cm³/mol.